The molecule has 1 N–H and O–H groups in total. The number of aryl methyl sites for hydroxylation is 1. The molecule has 1 saturated heterocycles. The number of hydrogen-bond acceptors (Lipinski definition) is 3. The van der Waals surface area contributed by atoms with Gasteiger partial charge >= 0.3 is 0 Å². The van der Waals surface area contributed by atoms with Crippen LogP contribution in [0, 0.1) is 6.92 Å². The van der Waals surface area contributed by atoms with Crippen molar-refractivity contribution >= 4 is 17.4 Å². The average Bonchev–Trinajstić information content (AvgIpc) is 2.63. The van der Waals surface area contributed by atoms with Crippen LogP contribution < -0.4 is 5.32 Å². The summed E-state index contributed by atoms with van der Waals surface area (Å²) in [6, 6.07) is 0. The van der Waals surface area contributed by atoms with E-state index in [4.69, 9.17) is 0 Å². The fourth-order valence-corrected chi connectivity index (χ4v) is 2.10. The molecule has 64 valence electrons. The summed E-state index contributed by atoms with van der Waals surface area (Å²) in [5.41, 5.74) is 2.60. The molecule has 0 bridgehead atoms. The third kappa shape index (κ3) is 1.73. The number of thiazole rings is 1. The predicted molar refractivity (Wildman–Crippen MR) is 52.3 cm³/mol. The molecule has 0 atom stereocenters. The Morgan fingerprint density at radius 1 is 1.67 bits per heavy atom. The maximum Gasteiger partial charge on any atom is 0.116 e. The quantitative estimate of drug-likeness (QED) is 0.713. The summed E-state index contributed by atoms with van der Waals surface area (Å²) in [5, 5.41) is 6.54. The number of nitrogens with zero attached hydrogens (tertiary/aromatic N) is 1. The average molecular weight is 180 g/mol. The van der Waals surface area contributed by atoms with Crippen LogP contribution in [0.4, 0.5) is 0 Å². The van der Waals surface area contributed by atoms with Crippen molar-refractivity contribution in [3.05, 3.63) is 21.7 Å². The minimum absolute atomic E-state index is 1.04. The van der Waals surface area contributed by atoms with Crippen LogP contribution in [0.5, 0.6) is 0 Å². The van der Waals surface area contributed by atoms with E-state index >= 15 is 0 Å². The van der Waals surface area contributed by atoms with E-state index in [2.05, 4.69) is 21.8 Å². The molecule has 0 unspecified atom stereocenters. The van der Waals surface area contributed by atoms with Gasteiger partial charge in [-0.1, -0.05) is 5.57 Å². The van der Waals surface area contributed by atoms with E-state index in [0.29, 0.717) is 0 Å². The Kier molecular flexibility index (Phi) is 2.23. The molecule has 0 radical (unpaired) electrons. The third-order valence-electron chi connectivity index (χ3n) is 1.94. The van der Waals surface area contributed by atoms with Crippen molar-refractivity contribution in [3.8, 4) is 0 Å². The lowest BCUT2D eigenvalue weighted by atomic mass is 10.2. The first kappa shape index (κ1) is 7.95. The summed E-state index contributed by atoms with van der Waals surface area (Å²) < 4.78 is 0. The summed E-state index contributed by atoms with van der Waals surface area (Å²) in [6.07, 6.45) is 3.39. The van der Waals surface area contributed by atoms with Gasteiger partial charge in [0.05, 0.1) is 0 Å². The van der Waals surface area contributed by atoms with Gasteiger partial charge in [0.15, 0.2) is 0 Å². The number of aromatic nitrogens is 1. The van der Waals surface area contributed by atoms with Crippen molar-refractivity contribution in [3.63, 3.8) is 0 Å². The van der Waals surface area contributed by atoms with Crippen LogP contribution in [0.3, 0.4) is 0 Å². The zero-order valence-electron chi connectivity index (χ0n) is 7.13. The van der Waals surface area contributed by atoms with Crippen LogP contribution in [0.25, 0.3) is 6.08 Å². The van der Waals surface area contributed by atoms with Crippen molar-refractivity contribution in [2.24, 2.45) is 0 Å². The smallest absolute Gasteiger partial charge is 0.116 e. The van der Waals surface area contributed by atoms with Crippen LogP contribution in [0.1, 0.15) is 17.1 Å². The highest BCUT2D eigenvalue weighted by molar-refractivity contribution is 7.10. The van der Waals surface area contributed by atoms with Gasteiger partial charge in [0.1, 0.15) is 5.01 Å². The lowest BCUT2D eigenvalue weighted by molar-refractivity contribution is 0.862. The highest BCUT2D eigenvalue weighted by Gasteiger charge is 2.05. The van der Waals surface area contributed by atoms with Gasteiger partial charge in [0.2, 0.25) is 0 Å². The zero-order chi connectivity index (χ0) is 8.39. The first-order chi connectivity index (χ1) is 5.84. The summed E-state index contributed by atoms with van der Waals surface area (Å²) in [7, 11) is 0. The van der Waals surface area contributed by atoms with Crippen LogP contribution in [-0.2, 0) is 0 Å². The summed E-state index contributed by atoms with van der Waals surface area (Å²) in [4.78, 5) is 4.39. The van der Waals surface area contributed by atoms with Gasteiger partial charge in [0, 0.05) is 17.6 Å². The minimum atomic E-state index is 1.04. The summed E-state index contributed by atoms with van der Waals surface area (Å²) in [6.45, 7) is 4.19. The number of rotatable bonds is 1. The van der Waals surface area contributed by atoms with E-state index < -0.39 is 0 Å². The molecule has 0 aliphatic carbocycles. The molecule has 0 aromatic carbocycles. The van der Waals surface area contributed by atoms with Gasteiger partial charge < -0.3 is 5.32 Å². The van der Waals surface area contributed by atoms with Gasteiger partial charge in [-0.2, -0.15) is 0 Å². The highest BCUT2D eigenvalue weighted by atomic mass is 32.1. The first-order valence-corrected chi connectivity index (χ1v) is 5.05. The van der Waals surface area contributed by atoms with E-state index in [1.165, 1.54) is 12.0 Å². The Labute approximate surface area is 76.3 Å². The second-order valence-electron chi connectivity index (χ2n) is 3.06. The molecule has 0 amide bonds. The van der Waals surface area contributed by atoms with E-state index in [1.807, 2.05) is 6.92 Å². The van der Waals surface area contributed by atoms with Crippen molar-refractivity contribution in [2.45, 2.75) is 13.3 Å². The fourth-order valence-electron chi connectivity index (χ4n) is 1.32. The normalized spacial score (nSPS) is 20.6. The third-order valence-corrected chi connectivity index (χ3v) is 2.85. The van der Waals surface area contributed by atoms with Crippen LogP contribution in [-0.4, -0.2) is 18.1 Å². The van der Waals surface area contributed by atoms with Gasteiger partial charge in [-0.15, -0.1) is 11.3 Å². The molecule has 1 aliphatic heterocycles. The predicted octanol–water partition coefficient (Wildman–Crippen LogP) is 1.83. The molecule has 2 heterocycles. The molecule has 1 fully saturated rings. The molecular weight excluding hydrogens is 168 g/mol. The van der Waals surface area contributed by atoms with Crippen molar-refractivity contribution in [1.82, 2.24) is 10.3 Å². The Hall–Kier alpha value is -0.670. The largest absolute Gasteiger partial charge is 0.313 e. The molecule has 3 heteroatoms. The molecule has 12 heavy (non-hydrogen) atoms. The first-order valence-electron chi connectivity index (χ1n) is 4.17. The number of hydrogen-bond donors (Lipinski definition) is 1. The molecule has 1 aliphatic rings. The monoisotopic (exact) mass is 180 g/mol. The molecule has 1 aromatic heterocycles. The molecular formula is C9H12N2S. The lowest BCUT2D eigenvalue weighted by Crippen LogP contribution is -2.04. The Morgan fingerprint density at radius 2 is 2.58 bits per heavy atom. The van der Waals surface area contributed by atoms with E-state index in [1.54, 1.807) is 11.3 Å². The minimum Gasteiger partial charge on any atom is -0.313 e. The van der Waals surface area contributed by atoms with Crippen LogP contribution >= 0.6 is 11.3 Å². The second kappa shape index (κ2) is 3.37. The standard InChI is InChI=1S/C9H12N2S/c1-7-6-12-9(11-7)4-8-2-3-10-5-8/h4,6,10H,2-3,5H2,1H3. The molecule has 1 aromatic rings. The fraction of sp³-hybridized carbons (Fsp3) is 0.444. The molecule has 2 rings (SSSR count). The SMILES string of the molecule is Cc1csc(C=C2CCNC2)n1. The van der Waals surface area contributed by atoms with Crippen LogP contribution in [0.15, 0.2) is 11.0 Å². The maximum atomic E-state index is 4.39. The summed E-state index contributed by atoms with van der Waals surface area (Å²) in [5.74, 6) is 0. The second-order valence-corrected chi connectivity index (χ2v) is 3.95. The number of nitrogens with one attached hydrogen (secondary N) is 1. The van der Waals surface area contributed by atoms with Gasteiger partial charge in [0.25, 0.3) is 0 Å². The van der Waals surface area contributed by atoms with Crippen molar-refractivity contribution in [1.29, 1.82) is 0 Å². The Balaban J connectivity index is 2.15. The van der Waals surface area contributed by atoms with Gasteiger partial charge in [-0.25, -0.2) is 4.98 Å². The topological polar surface area (TPSA) is 24.9 Å². The van der Waals surface area contributed by atoms with Gasteiger partial charge in [-0.3, -0.25) is 0 Å². The Bertz CT molecular complexity index is 293. The van der Waals surface area contributed by atoms with E-state index in [9.17, 15) is 0 Å². The van der Waals surface area contributed by atoms with Gasteiger partial charge in [-0.05, 0) is 26.0 Å². The highest BCUT2D eigenvalue weighted by Crippen LogP contribution is 2.15. The summed E-state index contributed by atoms with van der Waals surface area (Å²) >= 11 is 1.72. The maximum absolute atomic E-state index is 4.39. The van der Waals surface area contributed by atoms with E-state index in [-0.39, 0.29) is 0 Å². The van der Waals surface area contributed by atoms with E-state index in [0.717, 1.165) is 23.8 Å². The Morgan fingerprint density at radius 3 is 3.17 bits per heavy atom. The molecule has 0 saturated carbocycles. The lowest BCUT2D eigenvalue weighted by Gasteiger charge is -1.90. The van der Waals surface area contributed by atoms with Crippen molar-refractivity contribution in [2.75, 3.05) is 13.1 Å². The van der Waals surface area contributed by atoms with Crippen LogP contribution in [0.2, 0.25) is 0 Å². The molecule has 0 spiro atoms. The van der Waals surface area contributed by atoms with Crippen molar-refractivity contribution < 1.29 is 0 Å². The molecule has 2 nitrogen and oxygen atoms in total. The zero-order valence-corrected chi connectivity index (χ0v) is 7.95.